The number of aromatic nitrogens is 14. The lowest BCUT2D eigenvalue weighted by atomic mass is 9.83. The van der Waals surface area contributed by atoms with Crippen molar-refractivity contribution in [3.8, 4) is 59.7 Å². The molecule has 0 N–H and O–H groups in total. The van der Waals surface area contributed by atoms with Crippen LogP contribution >= 0.6 is 11.6 Å². The van der Waals surface area contributed by atoms with Gasteiger partial charge in [0.15, 0.2) is 0 Å². The molecule has 0 amide bonds. The minimum absolute atomic E-state index is 0.0387. The van der Waals surface area contributed by atoms with E-state index in [9.17, 15) is 28.4 Å². The van der Waals surface area contributed by atoms with Crippen molar-refractivity contribution >= 4 is 66.1 Å². The third-order valence-electron chi connectivity index (χ3n) is 23.2. The monoisotopic (exact) mass is 1630 g/mol. The first-order valence-electron chi connectivity index (χ1n) is 41.1. The summed E-state index contributed by atoms with van der Waals surface area (Å²) in [5.74, 6) is 30.4. The van der Waals surface area contributed by atoms with Crippen LogP contribution in [0.3, 0.4) is 0 Å². The van der Waals surface area contributed by atoms with Crippen molar-refractivity contribution in [2.75, 3.05) is 6.54 Å². The van der Waals surface area contributed by atoms with E-state index in [1.807, 2.05) is 129 Å². The maximum Gasteiger partial charge on any atom is 0.264 e. The lowest BCUT2D eigenvalue weighted by molar-refractivity contribution is 0.181. The van der Waals surface area contributed by atoms with E-state index in [0.717, 1.165) is 146 Å². The lowest BCUT2D eigenvalue weighted by Crippen LogP contribution is -2.43. The standard InChI is InChI=1S/C21H18ClN3O.C21H18FN3O.C21H18N4O.C21H19N3O.C16H16N2O/c2*1-21(2)8-10-25-18(13-21)24-17-12-14(11-16(22)19(17)20(25)26)6-7-15-5-3-4-9-23-15;26-21-18-9-7-15(6-8-16-4-1-2-10-22-16)12-19(18)23-20-14-24-11-3-5-17(24)13-25(20)21;1-21(2)11-10-19-23-18-13-15(6-8-16-5-3-4-12-22-16)7-9-17(18)20(25)24(19)14-21;1-4-11-5-6-12-13(9-11)17-14-7-8-16(2,3)10-18(14)15(12)19/h2*3-5,9,11-12H,8,10,13H2,1-2H3;1-2,4,7,9-10,12,17H,3,5,11,13-14H2;3-5,7,9,12-13H,10-11,14H2,1-2H3;1,5-6,9H,7-8,10H2,2-3H3/t;;17-;;/m..1../s1. The smallest absolute Gasteiger partial charge is 0.264 e. The number of hydrogen-bond donors (Lipinski definition) is 0. The average molecular weight is 1640 g/mol. The number of fused-ring (bicyclic) bond motifs is 11. The normalized spacial score (nSPS) is 16.3. The second-order valence-corrected chi connectivity index (χ2v) is 35.3. The molecule has 0 unspecified atom stereocenters. The fourth-order valence-electron chi connectivity index (χ4n) is 16.4. The first kappa shape index (κ1) is 82.1. The summed E-state index contributed by atoms with van der Waals surface area (Å²) in [6, 6.07) is 46.0. The number of terminal acetylenes is 1. The van der Waals surface area contributed by atoms with Gasteiger partial charge in [-0.05, 0) is 218 Å². The number of aryl methyl sites for hydroxylation is 2. The van der Waals surface area contributed by atoms with Crippen LogP contribution in [0.4, 0.5) is 4.39 Å². The maximum atomic E-state index is 14.6. The van der Waals surface area contributed by atoms with Crippen LogP contribution in [0.25, 0.3) is 54.5 Å². The largest absolute Gasteiger partial charge is 0.296 e. The van der Waals surface area contributed by atoms with Gasteiger partial charge in [-0.3, -0.25) is 51.7 Å². The Morgan fingerprint density at radius 3 is 1.24 bits per heavy atom. The van der Waals surface area contributed by atoms with E-state index in [1.165, 1.54) is 18.9 Å². The highest BCUT2D eigenvalue weighted by Gasteiger charge is 2.34. The topological polar surface area (TPSA) is 229 Å². The molecule has 6 aliphatic heterocycles. The van der Waals surface area contributed by atoms with Gasteiger partial charge in [0.05, 0.1) is 60.7 Å². The van der Waals surface area contributed by atoms with Crippen LogP contribution in [-0.4, -0.2) is 85.2 Å². The van der Waals surface area contributed by atoms with Gasteiger partial charge >= 0.3 is 0 Å². The van der Waals surface area contributed by atoms with Crippen molar-refractivity contribution in [2.24, 2.45) is 21.7 Å². The fraction of sp³-hybridized carbons (Fsp3) is 0.300. The van der Waals surface area contributed by atoms with Crippen molar-refractivity contribution in [1.29, 1.82) is 0 Å². The molecule has 0 bridgehead atoms. The van der Waals surface area contributed by atoms with Crippen molar-refractivity contribution in [3.63, 3.8) is 0 Å². The molecule has 1 fully saturated rings. The molecule has 22 heteroatoms. The second-order valence-electron chi connectivity index (χ2n) is 34.9. The summed E-state index contributed by atoms with van der Waals surface area (Å²) in [6.45, 7) is 22.8. The number of halogens is 2. The molecule has 608 valence electrons. The zero-order valence-corrected chi connectivity index (χ0v) is 70.2. The Labute approximate surface area is 710 Å². The Bertz CT molecular complexity index is 6980. The van der Waals surface area contributed by atoms with Gasteiger partial charge < -0.3 is 0 Å². The van der Waals surface area contributed by atoms with Crippen molar-refractivity contribution in [1.82, 2.24) is 72.6 Å². The molecule has 1 atom stereocenters. The Hall–Kier alpha value is -13.6. The van der Waals surface area contributed by atoms with Gasteiger partial charge in [-0.15, -0.1) is 6.42 Å². The summed E-state index contributed by atoms with van der Waals surface area (Å²) in [5, 5.41) is 2.88. The third-order valence-corrected chi connectivity index (χ3v) is 23.5. The number of pyridine rings is 4. The number of benzene rings is 5. The Morgan fingerprint density at radius 1 is 0.393 bits per heavy atom. The second kappa shape index (κ2) is 34.2. The van der Waals surface area contributed by atoms with Crippen LogP contribution in [-0.2, 0) is 65.0 Å². The molecule has 15 heterocycles. The van der Waals surface area contributed by atoms with Crippen LogP contribution in [0.2, 0.25) is 5.02 Å². The molecule has 14 aromatic rings. The van der Waals surface area contributed by atoms with E-state index in [0.29, 0.717) is 91.4 Å². The number of hydrogen-bond acceptors (Lipinski definition) is 15. The van der Waals surface area contributed by atoms with Crippen LogP contribution < -0.4 is 27.8 Å². The molecule has 0 aliphatic carbocycles. The highest BCUT2D eigenvalue weighted by Crippen LogP contribution is 2.36. The predicted octanol–water partition coefficient (Wildman–Crippen LogP) is 14.8. The zero-order valence-electron chi connectivity index (χ0n) is 69.4. The molecule has 0 spiro atoms. The van der Waals surface area contributed by atoms with Gasteiger partial charge in [0, 0.05) is 117 Å². The summed E-state index contributed by atoms with van der Waals surface area (Å²) in [7, 11) is 0. The van der Waals surface area contributed by atoms with Crippen molar-refractivity contribution in [2.45, 2.75) is 165 Å². The molecule has 0 saturated carbocycles. The average Bonchev–Trinajstić information content (AvgIpc) is 1.12. The summed E-state index contributed by atoms with van der Waals surface area (Å²) >= 11 is 6.41. The molecule has 20 rings (SSSR count). The Morgan fingerprint density at radius 2 is 0.787 bits per heavy atom. The molecule has 5 aromatic carbocycles. The molecular weight excluding hydrogens is 1550 g/mol. The molecule has 20 nitrogen and oxygen atoms in total. The minimum atomic E-state index is -0.578. The molecule has 1 saturated heterocycles. The van der Waals surface area contributed by atoms with Crippen LogP contribution in [0.15, 0.2) is 200 Å². The summed E-state index contributed by atoms with van der Waals surface area (Å²) in [5.41, 5.74) is 9.87. The number of nitrogens with zero attached hydrogens (tertiary/aromatic N) is 15. The van der Waals surface area contributed by atoms with E-state index in [2.05, 4.69) is 143 Å². The summed E-state index contributed by atoms with van der Waals surface area (Å²) in [6.07, 6.45) is 21.7. The first-order valence-corrected chi connectivity index (χ1v) is 41.5. The van der Waals surface area contributed by atoms with Gasteiger partial charge in [-0.25, -0.2) is 49.2 Å². The molecule has 0 radical (unpaired) electrons. The molecule has 6 aliphatic rings. The Kier molecular flexibility index (Phi) is 23.0. The highest BCUT2D eigenvalue weighted by molar-refractivity contribution is 6.35. The van der Waals surface area contributed by atoms with Crippen molar-refractivity contribution in [3.05, 3.63) is 319 Å². The van der Waals surface area contributed by atoms with Gasteiger partial charge in [-0.2, -0.15) is 0 Å². The summed E-state index contributed by atoms with van der Waals surface area (Å²) < 4.78 is 23.5. The zero-order chi connectivity index (χ0) is 85.2. The SMILES string of the molecule is C#Cc1ccc2c(=O)n3c(nc2c1)CCC(C)(C)C3.CC1(C)CCc2nc3cc(C#Cc4ccccn4)ccc3c(=O)n2C1.CC1(C)CCn2c(nc3cc(C#Cc4ccccn4)cc(Cl)c3c2=O)C1.CC1(C)CCn2c(nc3cc(C#Cc4ccccn4)cc(F)c3c2=O)C1.O=c1c2ccc(C#Cc3ccccn3)cc2nc2n1C[C@H]1CCCN1C2. The van der Waals surface area contributed by atoms with E-state index in [1.54, 1.807) is 64.3 Å². The first-order chi connectivity index (χ1) is 58.6. The highest BCUT2D eigenvalue weighted by atomic mass is 35.5. The van der Waals surface area contributed by atoms with Gasteiger partial charge in [0.25, 0.3) is 27.8 Å². The molecule has 122 heavy (non-hydrogen) atoms. The van der Waals surface area contributed by atoms with Gasteiger partial charge in [0.1, 0.15) is 63.1 Å². The fourth-order valence-corrected chi connectivity index (χ4v) is 16.7. The number of rotatable bonds is 0. The van der Waals surface area contributed by atoms with E-state index >= 15 is 0 Å². The minimum Gasteiger partial charge on any atom is -0.296 e. The van der Waals surface area contributed by atoms with Crippen LogP contribution in [0, 0.1) is 87.2 Å². The molecular formula is C100H89ClFN15O5. The quantitative estimate of drug-likeness (QED) is 0.129. The van der Waals surface area contributed by atoms with Gasteiger partial charge in [0.2, 0.25) is 0 Å². The Balaban J connectivity index is 0.000000114. The van der Waals surface area contributed by atoms with E-state index in [-0.39, 0.29) is 54.8 Å². The van der Waals surface area contributed by atoms with E-state index < -0.39 is 5.82 Å². The van der Waals surface area contributed by atoms with E-state index in [4.69, 9.17) is 33.0 Å². The maximum absolute atomic E-state index is 14.6. The van der Waals surface area contributed by atoms with Crippen LogP contribution in [0.1, 0.15) is 174 Å². The predicted molar refractivity (Wildman–Crippen MR) is 476 cm³/mol. The van der Waals surface area contributed by atoms with Gasteiger partial charge in [-0.1, -0.05) is 121 Å². The van der Waals surface area contributed by atoms with Crippen LogP contribution in [0.5, 0.6) is 0 Å². The van der Waals surface area contributed by atoms with Crippen molar-refractivity contribution < 1.29 is 4.39 Å². The molecule has 9 aromatic heterocycles. The third kappa shape index (κ3) is 18.4. The lowest BCUT2D eigenvalue weighted by Gasteiger charge is -2.31. The summed E-state index contributed by atoms with van der Waals surface area (Å²) in [4.78, 5) is 107.